The number of allylic oxidation sites excluding steroid dienone is 1. The first-order chi connectivity index (χ1) is 12.6. The summed E-state index contributed by atoms with van der Waals surface area (Å²) < 4.78 is 0. The van der Waals surface area contributed by atoms with Gasteiger partial charge in [-0.05, 0) is 24.3 Å². The molecule has 0 saturated carbocycles. The number of aromatic amines is 1. The summed E-state index contributed by atoms with van der Waals surface area (Å²) in [6.45, 7) is 2.55. The Bertz CT molecular complexity index is 879. The van der Waals surface area contributed by atoms with Crippen LogP contribution in [-0.4, -0.2) is 35.0 Å². The fourth-order valence-electron chi connectivity index (χ4n) is 3.66. The molecule has 3 unspecified atom stereocenters. The summed E-state index contributed by atoms with van der Waals surface area (Å²) in [5.74, 6) is 0.284. The van der Waals surface area contributed by atoms with Crippen LogP contribution in [0, 0.1) is 11.8 Å². The van der Waals surface area contributed by atoms with Crippen molar-refractivity contribution in [2.75, 3.05) is 6.54 Å². The first-order valence-electron chi connectivity index (χ1n) is 8.91. The Morgan fingerprint density at radius 1 is 1.38 bits per heavy atom. The molecule has 134 valence electrons. The molecular formula is C20H21N3O3. The number of nitrogens with zero attached hydrogens (tertiary/aromatic N) is 1. The van der Waals surface area contributed by atoms with Crippen LogP contribution in [0.4, 0.5) is 0 Å². The number of carbonyl (C=O) groups is 2. The normalized spacial score (nSPS) is 24.7. The SMILES string of the molecule is CC1C(CCNC(=O)c2cc3ccccc3[nH]2)=NOC2C=CC(=O)CC21. The van der Waals surface area contributed by atoms with E-state index >= 15 is 0 Å². The molecule has 1 amide bonds. The molecule has 1 aromatic carbocycles. The number of hydrogen-bond acceptors (Lipinski definition) is 4. The van der Waals surface area contributed by atoms with Gasteiger partial charge in [0.1, 0.15) is 11.8 Å². The van der Waals surface area contributed by atoms with Gasteiger partial charge in [0, 0.05) is 42.1 Å². The number of nitrogens with one attached hydrogen (secondary N) is 2. The van der Waals surface area contributed by atoms with E-state index < -0.39 is 0 Å². The first kappa shape index (κ1) is 16.6. The Balaban J connectivity index is 1.35. The monoisotopic (exact) mass is 351 g/mol. The van der Waals surface area contributed by atoms with Gasteiger partial charge in [0.2, 0.25) is 0 Å². The number of carbonyl (C=O) groups excluding carboxylic acids is 2. The highest BCUT2D eigenvalue weighted by molar-refractivity contribution is 5.98. The third-order valence-corrected chi connectivity index (χ3v) is 5.23. The molecule has 6 heteroatoms. The predicted molar refractivity (Wildman–Crippen MR) is 99.0 cm³/mol. The van der Waals surface area contributed by atoms with Crippen LogP contribution in [0.25, 0.3) is 10.9 Å². The molecule has 2 aromatic rings. The van der Waals surface area contributed by atoms with Crippen molar-refractivity contribution in [2.45, 2.75) is 25.9 Å². The van der Waals surface area contributed by atoms with Gasteiger partial charge >= 0.3 is 0 Å². The molecule has 0 fully saturated rings. The number of para-hydroxylation sites is 1. The number of H-pyrrole nitrogens is 1. The molecule has 0 spiro atoms. The van der Waals surface area contributed by atoms with Crippen LogP contribution in [-0.2, 0) is 9.63 Å². The number of amides is 1. The molecule has 2 aliphatic rings. The van der Waals surface area contributed by atoms with Crippen molar-refractivity contribution in [3.8, 4) is 0 Å². The van der Waals surface area contributed by atoms with Crippen LogP contribution in [0.3, 0.4) is 0 Å². The second-order valence-electron chi connectivity index (χ2n) is 6.91. The van der Waals surface area contributed by atoms with Gasteiger partial charge in [0.25, 0.3) is 5.91 Å². The summed E-state index contributed by atoms with van der Waals surface area (Å²) in [5.41, 5.74) is 2.38. The van der Waals surface area contributed by atoms with E-state index in [1.54, 1.807) is 12.2 Å². The molecule has 6 nitrogen and oxygen atoms in total. The number of benzene rings is 1. The van der Waals surface area contributed by atoms with E-state index in [2.05, 4.69) is 22.4 Å². The third kappa shape index (κ3) is 3.14. The number of hydrogen-bond donors (Lipinski definition) is 2. The topological polar surface area (TPSA) is 83.6 Å². The van der Waals surface area contributed by atoms with Crippen LogP contribution in [0.2, 0.25) is 0 Å². The predicted octanol–water partition coefficient (Wildman–Crippen LogP) is 2.82. The third-order valence-electron chi connectivity index (χ3n) is 5.23. The van der Waals surface area contributed by atoms with Gasteiger partial charge in [-0.1, -0.05) is 30.3 Å². The molecule has 1 aromatic heterocycles. The molecule has 26 heavy (non-hydrogen) atoms. The molecule has 2 heterocycles. The fraction of sp³-hybridized carbons (Fsp3) is 0.350. The summed E-state index contributed by atoms with van der Waals surface area (Å²) in [4.78, 5) is 32.7. The smallest absolute Gasteiger partial charge is 0.267 e. The van der Waals surface area contributed by atoms with E-state index in [4.69, 9.17) is 4.84 Å². The Hall–Kier alpha value is -2.89. The second kappa shape index (κ2) is 6.78. The molecule has 1 aliphatic heterocycles. The molecule has 0 radical (unpaired) electrons. The zero-order valence-corrected chi connectivity index (χ0v) is 14.6. The molecular weight excluding hydrogens is 330 g/mol. The maximum atomic E-state index is 12.3. The number of oxime groups is 1. The average Bonchev–Trinajstić information content (AvgIpc) is 3.08. The first-order valence-corrected chi connectivity index (χ1v) is 8.91. The Kier molecular flexibility index (Phi) is 4.32. The van der Waals surface area contributed by atoms with Gasteiger partial charge in [-0.3, -0.25) is 9.59 Å². The van der Waals surface area contributed by atoms with Crippen LogP contribution in [0.15, 0.2) is 47.6 Å². The molecule has 0 saturated heterocycles. The number of ketones is 1. The van der Waals surface area contributed by atoms with Crippen molar-refractivity contribution in [3.63, 3.8) is 0 Å². The van der Waals surface area contributed by atoms with Gasteiger partial charge < -0.3 is 15.1 Å². The minimum absolute atomic E-state index is 0.118. The van der Waals surface area contributed by atoms with Gasteiger partial charge in [0.05, 0.1) is 5.71 Å². The van der Waals surface area contributed by atoms with Crippen molar-refractivity contribution in [1.29, 1.82) is 0 Å². The second-order valence-corrected chi connectivity index (χ2v) is 6.91. The largest absolute Gasteiger partial charge is 0.388 e. The molecule has 4 rings (SSSR count). The van der Waals surface area contributed by atoms with E-state index in [1.165, 1.54) is 0 Å². The summed E-state index contributed by atoms with van der Waals surface area (Å²) in [7, 11) is 0. The molecule has 0 bridgehead atoms. The Labute approximate surface area is 151 Å². The highest BCUT2D eigenvalue weighted by Crippen LogP contribution is 2.32. The van der Waals surface area contributed by atoms with E-state index in [1.807, 2.05) is 30.3 Å². The highest BCUT2D eigenvalue weighted by atomic mass is 16.6. The zero-order chi connectivity index (χ0) is 18.1. The van der Waals surface area contributed by atoms with E-state index in [0.717, 1.165) is 16.6 Å². The van der Waals surface area contributed by atoms with Crippen LogP contribution >= 0.6 is 0 Å². The summed E-state index contributed by atoms with van der Waals surface area (Å²) in [6.07, 6.45) is 4.35. The van der Waals surface area contributed by atoms with Gasteiger partial charge in [-0.2, -0.15) is 0 Å². The lowest BCUT2D eigenvalue weighted by Gasteiger charge is -2.34. The van der Waals surface area contributed by atoms with E-state index in [0.29, 0.717) is 25.1 Å². The van der Waals surface area contributed by atoms with Crippen molar-refractivity contribution in [1.82, 2.24) is 10.3 Å². The lowest BCUT2D eigenvalue weighted by Crippen LogP contribution is -2.40. The van der Waals surface area contributed by atoms with Crippen LogP contribution in [0.1, 0.15) is 30.3 Å². The fourth-order valence-corrected chi connectivity index (χ4v) is 3.66. The summed E-state index contributed by atoms with van der Waals surface area (Å²) in [6, 6.07) is 9.63. The number of aromatic nitrogens is 1. The average molecular weight is 351 g/mol. The lowest BCUT2D eigenvalue weighted by molar-refractivity contribution is -0.118. The van der Waals surface area contributed by atoms with Crippen LogP contribution < -0.4 is 5.32 Å². The molecule has 2 N–H and O–H groups in total. The molecule has 3 atom stereocenters. The Morgan fingerprint density at radius 3 is 3.08 bits per heavy atom. The van der Waals surface area contributed by atoms with Crippen molar-refractivity contribution >= 4 is 28.3 Å². The van der Waals surface area contributed by atoms with Crippen molar-refractivity contribution < 1.29 is 14.4 Å². The van der Waals surface area contributed by atoms with Gasteiger partial charge in [-0.25, -0.2) is 0 Å². The minimum Gasteiger partial charge on any atom is -0.388 e. The van der Waals surface area contributed by atoms with Gasteiger partial charge in [0.15, 0.2) is 5.78 Å². The maximum absolute atomic E-state index is 12.3. The van der Waals surface area contributed by atoms with Crippen LogP contribution in [0.5, 0.6) is 0 Å². The standard InChI is InChI=1S/C20H21N3O3/c1-12-15-11-14(24)6-7-19(15)26-23-16(12)8-9-21-20(25)18-10-13-4-2-3-5-17(13)22-18/h2-7,10,12,15,19,22H,8-9,11H2,1H3,(H,21,25). The van der Waals surface area contributed by atoms with E-state index in [9.17, 15) is 9.59 Å². The maximum Gasteiger partial charge on any atom is 0.267 e. The summed E-state index contributed by atoms with van der Waals surface area (Å²) >= 11 is 0. The minimum atomic E-state index is -0.139. The van der Waals surface area contributed by atoms with Crippen molar-refractivity contribution in [2.24, 2.45) is 17.0 Å². The van der Waals surface area contributed by atoms with Crippen molar-refractivity contribution in [3.05, 3.63) is 48.2 Å². The van der Waals surface area contributed by atoms with E-state index in [-0.39, 0.29) is 29.6 Å². The summed E-state index contributed by atoms with van der Waals surface area (Å²) in [5, 5.41) is 8.15. The number of fused-ring (bicyclic) bond motifs is 2. The highest BCUT2D eigenvalue weighted by Gasteiger charge is 2.37. The molecule has 1 aliphatic carbocycles. The van der Waals surface area contributed by atoms with Gasteiger partial charge in [-0.15, -0.1) is 0 Å². The zero-order valence-electron chi connectivity index (χ0n) is 14.6. The quantitative estimate of drug-likeness (QED) is 0.888. The Morgan fingerprint density at radius 2 is 2.23 bits per heavy atom. The number of rotatable bonds is 4. The lowest BCUT2D eigenvalue weighted by atomic mass is 9.78.